The number of nitrogens with zero attached hydrogens (tertiary/aromatic N) is 1. The number of carbonyl (C=O) groups excluding carboxylic acids is 1. The summed E-state index contributed by atoms with van der Waals surface area (Å²) in [5, 5.41) is 10.7. The minimum absolute atomic E-state index is 0.00308. The van der Waals surface area contributed by atoms with Gasteiger partial charge in [0, 0.05) is 6.07 Å². The molecular formula is C9H11N3O3S. The van der Waals surface area contributed by atoms with Crippen LogP contribution in [0.3, 0.4) is 0 Å². The standard InChI is InChI=1S/C9H11N3O3S/c1-6(9(10)13)11-16-8-5-3-2-4-7(8)12(14)15/h2-6,11H,1H3,(H2,10,13)/t6-/m0/s1. The lowest BCUT2D eigenvalue weighted by atomic mass is 10.3. The summed E-state index contributed by atoms with van der Waals surface area (Å²) >= 11 is 1.02. The van der Waals surface area contributed by atoms with Crippen molar-refractivity contribution in [1.29, 1.82) is 0 Å². The Bertz CT molecular complexity index is 411. The molecule has 1 aromatic carbocycles. The minimum atomic E-state index is -0.551. The van der Waals surface area contributed by atoms with E-state index in [4.69, 9.17) is 5.73 Å². The van der Waals surface area contributed by atoms with Gasteiger partial charge in [0.25, 0.3) is 5.69 Å². The Kier molecular flexibility index (Phi) is 4.27. The molecular weight excluding hydrogens is 230 g/mol. The molecule has 1 atom stereocenters. The van der Waals surface area contributed by atoms with E-state index in [0.717, 1.165) is 11.9 Å². The molecule has 0 radical (unpaired) electrons. The molecule has 0 heterocycles. The highest BCUT2D eigenvalue weighted by atomic mass is 32.2. The molecule has 0 aliphatic heterocycles. The molecule has 1 aromatic rings. The van der Waals surface area contributed by atoms with Gasteiger partial charge in [0.1, 0.15) is 4.90 Å². The molecule has 0 spiro atoms. The minimum Gasteiger partial charge on any atom is -0.368 e. The molecule has 0 aliphatic carbocycles. The first kappa shape index (κ1) is 12.5. The van der Waals surface area contributed by atoms with Crippen molar-refractivity contribution in [3.63, 3.8) is 0 Å². The van der Waals surface area contributed by atoms with Crippen LogP contribution in [0.4, 0.5) is 5.69 Å². The average Bonchev–Trinajstić information content (AvgIpc) is 2.25. The second-order valence-corrected chi connectivity index (χ2v) is 3.95. The van der Waals surface area contributed by atoms with Crippen molar-refractivity contribution in [1.82, 2.24) is 4.72 Å². The van der Waals surface area contributed by atoms with E-state index < -0.39 is 16.9 Å². The lowest BCUT2D eigenvalue weighted by molar-refractivity contribution is -0.387. The van der Waals surface area contributed by atoms with Gasteiger partial charge in [-0.2, -0.15) is 0 Å². The van der Waals surface area contributed by atoms with Crippen LogP contribution in [0.25, 0.3) is 0 Å². The fourth-order valence-electron chi connectivity index (χ4n) is 0.904. The molecule has 1 rings (SSSR count). The molecule has 16 heavy (non-hydrogen) atoms. The first-order valence-corrected chi connectivity index (χ1v) is 5.29. The Labute approximate surface area is 96.5 Å². The SMILES string of the molecule is C[C@H](NSc1ccccc1[N+](=O)[O-])C(N)=O. The van der Waals surface area contributed by atoms with Gasteiger partial charge in [0.05, 0.1) is 11.0 Å². The third kappa shape index (κ3) is 3.21. The second-order valence-electron chi connectivity index (χ2n) is 3.07. The summed E-state index contributed by atoms with van der Waals surface area (Å²) in [4.78, 5) is 21.4. The van der Waals surface area contributed by atoms with Gasteiger partial charge in [0.15, 0.2) is 0 Å². The molecule has 0 bridgehead atoms. The van der Waals surface area contributed by atoms with Crippen LogP contribution in [-0.2, 0) is 4.79 Å². The smallest absolute Gasteiger partial charge is 0.284 e. The Balaban J connectivity index is 2.74. The number of benzene rings is 1. The Hall–Kier alpha value is -1.60. The molecule has 1 amide bonds. The number of hydrogen-bond donors (Lipinski definition) is 2. The first-order valence-electron chi connectivity index (χ1n) is 4.47. The van der Waals surface area contributed by atoms with Crippen molar-refractivity contribution in [2.75, 3.05) is 0 Å². The molecule has 0 saturated carbocycles. The van der Waals surface area contributed by atoms with Gasteiger partial charge in [-0.05, 0) is 24.9 Å². The van der Waals surface area contributed by atoms with Crippen LogP contribution in [0.5, 0.6) is 0 Å². The van der Waals surface area contributed by atoms with E-state index in [9.17, 15) is 14.9 Å². The van der Waals surface area contributed by atoms with Crippen molar-refractivity contribution in [2.24, 2.45) is 5.73 Å². The fourth-order valence-corrected chi connectivity index (χ4v) is 1.72. The Morgan fingerprint density at radius 1 is 1.56 bits per heavy atom. The molecule has 6 nitrogen and oxygen atoms in total. The van der Waals surface area contributed by atoms with E-state index in [1.807, 2.05) is 0 Å². The molecule has 0 saturated heterocycles. The van der Waals surface area contributed by atoms with Crippen LogP contribution in [0.1, 0.15) is 6.92 Å². The summed E-state index contributed by atoms with van der Waals surface area (Å²) in [6.07, 6.45) is 0. The van der Waals surface area contributed by atoms with Crippen LogP contribution >= 0.6 is 11.9 Å². The highest BCUT2D eigenvalue weighted by molar-refractivity contribution is 7.97. The molecule has 0 aromatic heterocycles. The summed E-state index contributed by atoms with van der Waals surface area (Å²) < 4.78 is 2.73. The van der Waals surface area contributed by atoms with Gasteiger partial charge in [-0.25, -0.2) is 4.72 Å². The number of amides is 1. The zero-order valence-corrected chi connectivity index (χ0v) is 9.36. The maximum atomic E-state index is 10.8. The van der Waals surface area contributed by atoms with Crippen LogP contribution in [0.15, 0.2) is 29.2 Å². The highest BCUT2D eigenvalue weighted by Gasteiger charge is 2.15. The molecule has 86 valence electrons. The van der Waals surface area contributed by atoms with Crippen LogP contribution in [0, 0.1) is 10.1 Å². The molecule has 0 aliphatic rings. The van der Waals surface area contributed by atoms with E-state index in [2.05, 4.69) is 4.72 Å². The summed E-state index contributed by atoms with van der Waals surface area (Å²) in [6.45, 7) is 1.59. The van der Waals surface area contributed by atoms with Crippen molar-refractivity contribution in [3.8, 4) is 0 Å². The topological polar surface area (TPSA) is 98.3 Å². The number of primary amides is 1. The van der Waals surface area contributed by atoms with Crippen LogP contribution < -0.4 is 10.5 Å². The lowest BCUT2D eigenvalue weighted by Gasteiger charge is -2.08. The van der Waals surface area contributed by atoms with E-state index in [-0.39, 0.29) is 5.69 Å². The number of carbonyl (C=O) groups is 1. The van der Waals surface area contributed by atoms with E-state index in [0.29, 0.717) is 4.90 Å². The van der Waals surface area contributed by atoms with Crippen molar-refractivity contribution in [3.05, 3.63) is 34.4 Å². The Morgan fingerprint density at radius 2 is 2.19 bits per heavy atom. The van der Waals surface area contributed by atoms with Crippen molar-refractivity contribution in [2.45, 2.75) is 17.9 Å². The number of nitro groups is 1. The van der Waals surface area contributed by atoms with Crippen LogP contribution in [-0.4, -0.2) is 16.9 Å². The summed E-state index contributed by atoms with van der Waals surface area (Å²) in [6, 6.07) is 5.72. The summed E-state index contributed by atoms with van der Waals surface area (Å²) in [5.74, 6) is -0.508. The van der Waals surface area contributed by atoms with Gasteiger partial charge in [-0.1, -0.05) is 12.1 Å². The van der Waals surface area contributed by atoms with Gasteiger partial charge >= 0.3 is 0 Å². The number of nitrogens with one attached hydrogen (secondary N) is 1. The third-order valence-corrected chi connectivity index (χ3v) is 2.87. The average molecular weight is 241 g/mol. The zero-order valence-electron chi connectivity index (χ0n) is 8.54. The summed E-state index contributed by atoms with van der Waals surface area (Å²) in [5.41, 5.74) is 5.05. The highest BCUT2D eigenvalue weighted by Crippen LogP contribution is 2.26. The third-order valence-electron chi connectivity index (χ3n) is 1.83. The zero-order chi connectivity index (χ0) is 12.1. The van der Waals surface area contributed by atoms with E-state index >= 15 is 0 Å². The molecule has 0 fully saturated rings. The largest absolute Gasteiger partial charge is 0.368 e. The number of rotatable bonds is 5. The predicted molar refractivity (Wildman–Crippen MR) is 60.7 cm³/mol. The van der Waals surface area contributed by atoms with E-state index in [1.165, 1.54) is 6.07 Å². The second kappa shape index (κ2) is 5.47. The number of nitro benzene ring substituents is 1. The van der Waals surface area contributed by atoms with Crippen molar-refractivity contribution >= 4 is 23.5 Å². The maximum absolute atomic E-state index is 10.8. The first-order chi connectivity index (χ1) is 7.52. The van der Waals surface area contributed by atoms with Gasteiger partial charge in [-0.3, -0.25) is 14.9 Å². The molecule has 0 unspecified atom stereocenters. The van der Waals surface area contributed by atoms with Crippen LogP contribution in [0.2, 0.25) is 0 Å². The quantitative estimate of drug-likeness (QED) is 0.456. The maximum Gasteiger partial charge on any atom is 0.284 e. The Morgan fingerprint density at radius 3 is 2.75 bits per heavy atom. The normalized spacial score (nSPS) is 12.1. The fraction of sp³-hybridized carbons (Fsp3) is 0.222. The monoisotopic (exact) mass is 241 g/mol. The van der Waals surface area contributed by atoms with Gasteiger partial charge in [-0.15, -0.1) is 0 Å². The number of hydrogen-bond acceptors (Lipinski definition) is 5. The van der Waals surface area contributed by atoms with Gasteiger partial charge < -0.3 is 5.73 Å². The number of para-hydroxylation sites is 1. The molecule has 3 N–H and O–H groups in total. The van der Waals surface area contributed by atoms with Gasteiger partial charge in [0.2, 0.25) is 5.91 Å². The van der Waals surface area contributed by atoms with Crippen molar-refractivity contribution < 1.29 is 9.72 Å². The predicted octanol–water partition coefficient (Wildman–Crippen LogP) is 1.07. The van der Waals surface area contributed by atoms with E-state index in [1.54, 1.807) is 25.1 Å². The summed E-state index contributed by atoms with van der Waals surface area (Å²) in [7, 11) is 0. The number of nitrogens with two attached hydrogens (primary N) is 1. The molecule has 7 heteroatoms. The lowest BCUT2D eigenvalue weighted by Crippen LogP contribution is -2.34.